The van der Waals surface area contributed by atoms with Crippen LogP contribution in [-0.4, -0.2) is 44.2 Å². The molecule has 7 heteroatoms. The zero-order valence-corrected chi connectivity index (χ0v) is 8.94. The zero-order chi connectivity index (χ0) is 10.4. The first-order valence-corrected chi connectivity index (χ1v) is 5.88. The smallest absolute Gasteiger partial charge is 0.394 e. The lowest BCUT2D eigenvalue weighted by atomic mass is 10.5. The summed E-state index contributed by atoms with van der Waals surface area (Å²) in [5.74, 6) is 0. The van der Waals surface area contributed by atoms with E-state index in [0.29, 0.717) is 0 Å². The molecule has 1 N–H and O–H groups in total. The van der Waals surface area contributed by atoms with Crippen molar-refractivity contribution in [1.82, 2.24) is 0 Å². The summed E-state index contributed by atoms with van der Waals surface area (Å²) in [5.41, 5.74) is 0. The molecule has 0 spiro atoms. The Bertz CT molecular complexity index is 208. The van der Waals surface area contributed by atoms with Gasteiger partial charge in [0.25, 0.3) is 0 Å². The van der Waals surface area contributed by atoms with Crippen LogP contribution >= 0.6 is 7.82 Å². The zero-order valence-electron chi connectivity index (χ0n) is 8.05. The second-order valence-electron chi connectivity index (χ2n) is 2.83. The van der Waals surface area contributed by atoms with E-state index in [2.05, 4.69) is 0 Å². The first kappa shape index (κ1) is 12.1. The van der Waals surface area contributed by atoms with E-state index in [1.54, 1.807) is 6.92 Å². The first-order chi connectivity index (χ1) is 6.66. The number of hydrogen-bond acceptors (Lipinski definition) is 6. The minimum atomic E-state index is -3.32. The van der Waals surface area contributed by atoms with Gasteiger partial charge in [-0.2, -0.15) is 0 Å². The van der Waals surface area contributed by atoms with Crippen LogP contribution in [0.15, 0.2) is 0 Å². The number of rotatable bonds is 6. The Hall–Kier alpha value is 0.0300. The standard InChI is InChI=1S/C7H15O6P/c1-7-6-12-14(9,13-7)11-5-4-10-3-2-8/h7-8H,2-6H2,1H3. The lowest BCUT2D eigenvalue weighted by Gasteiger charge is -2.09. The molecule has 6 nitrogen and oxygen atoms in total. The molecule has 1 fully saturated rings. The van der Waals surface area contributed by atoms with E-state index in [-0.39, 0.29) is 39.1 Å². The van der Waals surface area contributed by atoms with Crippen molar-refractivity contribution in [3.8, 4) is 0 Å². The van der Waals surface area contributed by atoms with E-state index in [9.17, 15) is 4.57 Å². The molecule has 2 atom stereocenters. The first-order valence-electron chi connectivity index (χ1n) is 4.42. The molecule has 0 aromatic heterocycles. The summed E-state index contributed by atoms with van der Waals surface area (Å²) in [6, 6.07) is 0. The predicted molar refractivity (Wildman–Crippen MR) is 48.0 cm³/mol. The monoisotopic (exact) mass is 226 g/mol. The maximum absolute atomic E-state index is 11.5. The Morgan fingerprint density at radius 2 is 2.29 bits per heavy atom. The van der Waals surface area contributed by atoms with Gasteiger partial charge in [0.05, 0.1) is 39.1 Å². The van der Waals surface area contributed by atoms with Crippen LogP contribution in [0.3, 0.4) is 0 Å². The third-order valence-corrected chi connectivity index (χ3v) is 3.07. The van der Waals surface area contributed by atoms with Gasteiger partial charge in [0, 0.05) is 0 Å². The van der Waals surface area contributed by atoms with Gasteiger partial charge in [-0.15, -0.1) is 0 Å². The molecule has 14 heavy (non-hydrogen) atoms. The fourth-order valence-corrected chi connectivity index (χ4v) is 2.31. The third kappa shape index (κ3) is 4.04. The van der Waals surface area contributed by atoms with E-state index in [1.165, 1.54) is 0 Å². The van der Waals surface area contributed by atoms with E-state index < -0.39 is 7.82 Å². The molecule has 1 heterocycles. The third-order valence-electron chi connectivity index (χ3n) is 1.49. The summed E-state index contributed by atoms with van der Waals surface area (Å²) < 4.78 is 31.1. The highest BCUT2D eigenvalue weighted by Crippen LogP contribution is 2.54. The molecular formula is C7H15O6P. The summed E-state index contributed by atoms with van der Waals surface area (Å²) in [6.45, 7) is 2.63. The predicted octanol–water partition coefficient (Wildman–Crippen LogP) is 0.555. The van der Waals surface area contributed by atoms with Gasteiger partial charge in [-0.05, 0) is 6.92 Å². The minimum Gasteiger partial charge on any atom is -0.394 e. The van der Waals surface area contributed by atoms with Crippen LogP contribution in [0.2, 0.25) is 0 Å². The summed E-state index contributed by atoms with van der Waals surface area (Å²) in [5, 5.41) is 8.39. The average molecular weight is 226 g/mol. The van der Waals surface area contributed by atoms with Crippen molar-refractivity contribution >= 4 is 7.82 Å². The molecule has 0 radical (unpaired) electrons. The van der Waals surface area contributed by atoms with Gasteiger partial charge in [0.2, 0.25) is 0 Å². The van der Waals surface area contributed by atoms with Crippen LogP contribution in [0.25, 0.3) is 0 Å². The van der Waals surface area contributed by atoms with Gasteiger partial charge in [-0.25, -0.2) is 4.57 Å². The summed E-state index contributed by atoms with van der Waals surface area (Å²) in [6.07, 6.45) is -0.195. The molecule has 1 saturated heterocycles. The van der Waals surface area contributed by atoms with Gasteiger partial charge in [0.15, 0.2) is 0 Å². The maximum Gasteiger partial charge on any atom is 0.475 e. The molecule has 0 bridgehead atoms. The number of phosphoric ester groups is 1. The highest BCUT2D eigenvalue weighted by molar-refractivity contribution is 7.48. The van der Waals surface area contributed by atoms with E-state index in [0.717, 1.165) is 0 Å². The van der Waals surface area contributed by atoms with Crippen LogP contribution < -0.4 is 0 Å². The van der Waals surface area contributed by atoms with Crippen molar-refractivity contribution in [3.05, 3.63) is 0 Å². The number of phosphoric acid groups is 1. The van der Waals surface area contributed by atoms with Gasteiger partial charge >= 0.3 is 7.82 Å². The van der Waals surface area contributed by atoms with Crippen molar-refractivity contribution in [1.29, 1.82) is 0 Å². The average Bonchev–Trinajstić information content (AvgIpc) is 2.47. The van der Waals surface area contributed by atoms with Gasteiger partial charge in [-0.3, -0.25) is 13.6 Å². The Labute approximate surface area is 82.7 Å². The van der Waals surface area contributed by atoms with Crippen LogP contribution in [0.1, 0.15) is 6.92 Å². The van der Waals surface area contributed by atoms with Crippen LogP contribution in [-0.2, 0) is 22.9 Å². The second kappa shape index (κ2) is 5.80. The van der Waals surface area contributed by atoms with Crippen LogP contribution in [0, 0.1) is 0 Å². The van der Waals surface area contributed by atoms with Crippen molar-refractivity contribution in [3.63, 3.8) is 0 Å². The quantitative estimate of drug-likeness (QED) is 0.526. The Balaban J connectivity index is 2.09. The van der Waals surface area contributed by atoms with E-state index in [1.807, 2.05) is 0 Å². The van der Waals surface area contributed by atoms with Crippen molar-refractivity contribution < 1.29 is 28.0 Å². The second-order valence-corrected chi connectivity index (χ2v) is 4.45. The van der Waals surface area contributed by atoms with Crippen LogP contribution in [0.5, 0.6) is 0 Å². The van der Waals surface area contributed by atoms with E-state index >= 15 is 0 Å². The van der Waals surface area contributed by atoms with Crippen molar-refractivity contribution in [2.75, 3.05) is 33.0 Å². The Kier molecular flexibility index (Phi) is 5.01. The maximum atomic E-state index is 11.5. The summed E-state index contributed by atoms with van der Waals surface area (Å²) in [7, 11) is -3.32. The molecule has 1 aliphatic heterocycles. The molecule has 1 rings (SSSR count). The van der Waals surface area contributed by atoms with Crippen molar-refractivity contribution in [2.45, 2.75) is 13.0 Å². The molecule has 0 amide bonds. The Morgan fingerprint density at radius 1 is 1.50 bits per heavy atom. The van der Waals surface area contributed by atoms with Crippen LogP contribution in [0.4, 0.5) is 0 Å². The highest BCUT2D eigenvalue weighted by atomic mass is 31.2. The molecular weight excluding hydrogens is 211 g/mol. The molecule has 0 aromatic carbocycles. The molecule has 84 valence electrons. The molecule has 2 unspecified atom stereocenters. The lowest BCUT2D eigenvalue weighted by Crippen LogP contribution is -2.06. The topological polar surface area (TPSA) is 74.2 Å². The normalized spacial score (nSPS) is 32.3. The molecule has 0 aliphatic carbocycles. The summed E-state index contributed by atoms with van der Waals surface area (Å²) >= 11 is 0. The summed E-state index contributed by atoms with van der Waals surface area (Å²) in [4.78, 5) is 0. The number of aliphatic hydroxyl groups is 1. The molecule has 0 saturated carbocycles. The number of aliphatic hydroxyl groups excluding tert-OH is 1. The van der Waals surface area contributed by atoms with Gasteiger partial charge < -0.3 is 9.84 Å². The van der Waals surface area contributed by atoms with Gasteiger partial charge in [-0.1, -0.05) is 0 Å². The SMILES string of the molecule is CC1COP(=O)(OCCOCCO)O1. The Morgan fingerprint density at radius 3 is 2.86 bits per heavy atom. The van der Waals surface area contributed by atoms with E-state index in [4.69, 9.17) is 23.4 Å². The van der Waals surface area contributed by atoms with Gasteiger partial charge in [0.1, 0.15) is 0 Å². The number of ether oxygens (including phenoxy) is 1. The lowest BCUT2D eigenvalue weighted by molar-refractivity contribution is 0.0606. The largest absolute Gasteiger partial charge is 0.475 e. The fourth-order valence-electron chi connectivity index (χ4n) is 0.920. The highest BCUT2D eigenvalue weighted by Gasteiger charge is 2.36. The van der Waals surface area contributed by atoms with Crippen molar-refractivity contribution in [2.24, 2.45) is 0 Å². The fraction of sp³-hybridized carbons (Fsp3) is 1.00. The molecule has 1 aliphatic rings. The number of hydrogen-bond donors (Lipinski definition) is 1. The molecule has 0 aromatic rings. The minimum absolute atomic E-state index is 0.0400.